The monoisotopic (exact) mass is 369 g/mol. The highest BCUT2D eigenvalue weighted by Crippen LogP contribution is 2.50. The van der Waals surface area contributed by atoms with Crippen molar-refractivity contribution in [1.82, 2.24) is 14.9 Å². The second-order valence-electron chi connectivity index (χ2n) is 7.64. The van der Waals surface area contributed by atoms with Gasteiger partial charge in [-0.3, -0.25) is 4.90 Å². The number of rotatable bonds is 5. The lowest BCUT2D eigenvalue weighted by Crippen LogP contribution is -2.43. The maximum Gasteiger partial charge on any atom is 0.319 e. The Morgan fingerprint density at radius 2 is 2.00 bits per heavy atom. The molecule has 0 amide bonds. The molecule has 0 bridgehead atoms. The molecule has 6 heteroatoms. The van der Waals surface area contributed by atoms with Gasteiger partial charge in [0.05, 0.1) is 19.8 Å². The number of ether oxygens (including phenoxy) is 2. The normalized spacial score (nSPS) is 28.0. The Morgan fingerprint density at radius 1 is 1.19 bits per heavy atom. The summed E-state index contributed by atoms with van der Waals surface area (Å²) in [4.78, 5) is 11.0. The van der Waals surface area contributed by atoms with E-state index in [2.05, 4.69) is 39.1 Å². The highest BCUT2D eigenvalue weighted by molar-refractivity contribution is 5.33. The quantitative estimate of drug-likeness (QED) is 0.874. The summed E-state index contributed by atoms with van der Waals surface area (Å²) in [5, 5.41) is 11.7. The zero-order chi connectivity index (χ0) is 18.9. The molecular weight excluding hydrogens is 342 g/mol. The molecule has 4 rings (SSSR count). The summed E-state index contributed by atoms with van der Waals surface area (Å²) in [5.41, 5.74) is 1.03. The standard InChI is InChI=1S/C21H27N3O3/c1-26-19-17(11-22-20(23-19)27-2)21(25)10-6-9-16-13-24(14-18(16)21)12-15-7-4-3-5-8-15/h3-5,7-8,11,16,18,25H,6,9-10,12-14H2,1-2H3/t16-,18+,21+/m1/s1. The number of hydrogen-bond donors (Lipinski definition) is 1. The molecule has 0 unspecified atom stereocenters. The molecule has 2 aliphatic rings. The van der Waals surface area contributed by atoms with E-state index in [0.717, 1.165) is 32.5 Å². The van der Waals surface area contributed by atoms with Crippen LogP contribution >= 0.6 is 0 Å². The van der Waals surface area contributed by atoms with E-state index in [0.29, 0.717) is 23.8 Å². The maximum atomic E-state index is 11.7. The van der Waals surface area contributed by atoms with E-state index in [4.69, 9.17) is 9.47 Å². The van der Waals surface area contributed by atoms with Crippen molar-refractivity contribution in [3.63, 3.8) is 0 Å². The number of aliphatic hydroxyl groups is 1. The zero-order valence-electron chi connectivity index (χ0n) is 16.0. The van der Waals surface area contributed by atoms with Crippen LogP contribution in [0.3, 0.4) is 0 Å². The molecule has 0 radical (unpaired) electrons. The van der Waals surface area contributed by atoms with Crippen LogP contribution in [-0.4, -0.2) is 47.3 Å². The Kier molecular flexibility index (Phi) is 5.02. The Morgan fingerprint density at radius 3 is 2.74 bits per heavy atom. The minimum Gasteiger partial charge on any atom is -0.481 e. The highest BCUT2D eigenvalue weighted by atomic mass is 16.5. The highest BCUT2D eigenvalue weighted by Gasteiger charge is 2.51. The van der Waals surface area contributed by atoms with E-state index in [1.807, 2.05) is 6.07 Å². The predicted molar refractivity (Wildman–Crippen MR) is 102 cm³/mol. The lowest BCUT2D eigenvalue weighted by molar-refractivity contribution is -0.0669. The summed E-state index contributed by atoms with van der Waals surface area (Å²) in [6.07, 6.45) is 4.52. The first-order valence-electron chi connectivity index (χ1n) is 9.58. The summed E-state index contributed by atoms with van der Waals surface area (Å²) in [6, 6.07) is 10.8. The molecule has 2 fully saturated rings. The molecule has 0 spiro atoms. The van der Waals surface area contributed by atoms with Crippen LogP contribution in [0.15, 0.2) is 36.5 Å². The van der Waals surface area contributed by atoms with Gasteiger partial charge in [-0.1, -0.05) is 30.3 Å². The van der Waals surface area contributed by atoms with Gasteiger partial charge in [-0.25, -0.2) is 4.98 Å². The molecule has 1 aromatic carbocycles. The average molecular weight is 369 g/mol. The molecule has 3 atom stereocenters. The first-order chi connectivity index (χ1) is 13.1. The van der Waals surface area contributed by atoms with Crippen LogP contribution in [0.1, 0.15) is 30.4 Å². The molecule has 2 aromatic rings. The van der Waals surface area contributed by atoms with Crippen molar-refractivity contribution in [3.8, 4) is 11.9 Å². The number of hydrogen-bond acceptors (Lipinski definition) is 6. The van der Waals surface area contributed by atoms with E-state index in [9.17, 15) is 5.11 Å². The maximum absolute atomic E-state index is 11.7. The van der Waals surface area contributed by atoms with Gasteiger partial charge in [-0.05, 0) is 30.7 Å². The summed E-state index contributed by atoms with van der Waals surface area (Å²) in [5.74, 6) is 1.03. The predicted octanol–water partition coefficient (Wildman–Crippen LogP) is 2.61. The van der Waals surface area contributed by atoms with Gasteiger partial charge in [0.2, 0.25) is 5.88 Å². The third-order valence-electron chi connectivity index (χ3n) is 6.09. The Bertz CT molecular complexity index is 785. The molecule has 27 heavy (non-hydrogen) atoms. The Labute approximate surface area is 160 Å². The van der Waals surface area contributed by atoms with Gasteiger partial charge in [0.1, 0.15) is 5.60 Å². The third kappa shape index (κ3) is 3.39. The molecule has 144 valence electrons. The van der Waals surface area contributed by atoms with Crippen LogP contribution < -0.4 is 9.47 Å². The van der Waals surface area contributed by atoms with E-state index in [1.54, 1.807) is 13.3 Å². The fraction of sp³-hybridized carbons (Fsp3) is 0.524. The third-order valence-corrected chi connectivity index (χ3v) is 6.09. The van der Waals surface area contributed by atoms with Crippen LogP contribution in [0.4, 0.5) is 0 Å². The molecule has 2 heterocycles. The molecule has 1 aliphatic carbocycles. The lowest BCUT2D eigenvalue weighted by Gasteiger charge is -2.41. The molecule has 1 aromatic heterocycles. The minimum atomic E-state index is -0.966. The van der Waals surface area contributed by atoms with E-state index >= 15 is 0 Å². The van der Waals surface area contributed by atoms with E-state index in [-0.39, 0.29) is 11.9 Å². The van der Waals surface area contributed by atoms with Crippen LogP contribution in [0.25, 0.3) is 0 Å². The van der Waals surface area contributed by atoms with Gasteiger partial charge in [-0.15, -0.1) is 0 Å². The van der Waals surface area contributed by atoms with Crippen LogP contribution in [-0.2, 0) is 12.1 Å². The van der Waals surface area contributed by atoms with E-state index in [1.165, 1.54) is 12.7 Å². The SMILES string of the molecule is COc1ncc([C@@]2(O)CCC[C@@H]3CN(Cc4ccccc4)C[C@@H]32)c(OC)n1. The second kappa shape index (κ2) is 7.44. The summed E-state index contributed by atoms with van der Waals surface area (Å²) in [7, 11) is 3.10. The van der Waals surface area contributed by atoms with Crippen molar-refractivity contribution in [2.45, 2.75) is 31.4 Å². The average Bonchev–Trinajstić information content (AvgIpc) is 3.12. The Hall–Kier alpha value is -2.18. The number of benzene rings is 1. The van der Waals surface area contributed by atoms with Gasteiger partial charge in [0.25, 0.3) is 0 Å². The molecule has 1 aliphatic heterocycles. The summed E-state index contributed by atoms with van der Waals surface area (Å²) in [6.45, 7) is 2.80. The summed E-state index contributed by atoms with van der Waals surface area (Å²) < 4.78 is 10.6. The minimum absolute atomic E-state index is 0.154. The second-order valence-corrected chi connectivity index (χ2v) is 7.64. The van der Waals surface area contributed by atoms with Crippen molar-refractivity contribution < 1.29 is 14.6 Å². The fourth-order valence-electron chi connectivity index (χ4n) is 4.82. The number of fused-ring (bicyclic) bond motifs is 1. The summed E-state index contributed by atoms with van der Waals surface area (Å²) >= 11 is 0. The first kappa shape index (κ1) is 18.2. The number of likely N-dealkylation sites (tertiary alicyclic amines) is 1. The van der Waals surface area contributed by atoms with Crippen molar-refractivity contribution >= 4 is 0 Å². The largest absolute Gasteiger partial charge is 0.481 e. The number of methoxy groups -OCH3 is 2. The van der Waals surface area contributed by atoms with Crippen molar-refractivity contribution in [2.24, 2.45) is 11.8 Å². The molecule has 1 saturated heterocycles. The Balaban J connectivity index is 1.60. The van der Waals surface area contributed by atoms with Crippen molar-refractivity contribution in [2.75, 3.05) is 27.3 Å². The molecule has 6 nitrogen and oxygen atoms in total. The van der Waals surface area contributed by atoms with Crippen LogP contribution in [0.5, 0.6) is 11.9 Å². The van der Waals surface area contributed by atoms with Crippen molar-refractivity contribution in [1.29, 1.82) is 0 Å². The van der Waals surface area contributed by atoms with Crippen LogP contribution in [0, 0.1) is 11.8 Å². The lowest BCUT2D eigenvalue weighted by atomic mass is 9.68. The fourth-order valence-corrected chi connectivity index (χ4v) is 4.82. The number of aromatic nitrogens is 2. The van der Waals surface area contributed by atoms with Crippen molar-refractivity contribution in [3.05, 3.63) is 47.7 Å². The van der Waals surface area contributed by atoms with Gasteiger partial charge in [0.15, 0.2) is 0 Å². The van der Waals surface area contributed by atoms with Gasteiger partial charge in [0, 0.05) is 31.7 Å². The van der Waals surface area contributed by atoms with Gasteiger partial charge < -0.3 is 14.6 Å². The molecule has 1 N–H and O–H groups in total. The zero-order valence-corrected chi connectivity index (χ0v) is 16.0. The topological polar surface area (TPSA) is 67.7 Å². The number of nitrogens with zero attached hydrogens (tertiary/aromatic N) is 3. The van der Waals surface area contributed by atoms with Gasteiger partial charge in [-0.2, -0.15) is 4.98 Å². The molecule has 1 saturated carbocycles. The van der Waals surface area contributed by atoms with E-state index < -0.39 is 5.60 Å². The van der Waals surface area contributed by atoms with Gasteiger partial charge >= 0.3 is 6.01 Å². The molecular formula is C21H27N3O3. The van der Waals surface area contributed by atoms with Crippen LogP contribution in [0.2, 0.25) is 0 Å². The first-order valence-corrected chi connectivity index (χ1v) is 9.58. The smallest absolute Gasteiger partial charge is 0.319 e.